The number of carbonyl (C=O) groups excluding carboxylic acids is 5. The van der Waals surface area contributed by atoms with Crippen LogP contribution in [0.2, 0.25) is 0 Å². The Morgan fingerprint density at radius 2 is 1.59 bits per heavy atom. The van der Waals surface area contributed by atoms with E-state index in [-0.39, 0.29) is 54.0 Å². The van der Waals surface area contributed by atoms with Crippen LogP contribution in [-0.4, -0.2) is 149 Å². The maximum atomic E-state index is 14.0. The van der Waals surface area contributed by atoms with Crippen molar-refractivity contribution in [3.63, 3.8) is 0 Å². The van der Waals surface area contributed by atoms with Crippen LogP contribution < -0.4 is 24.8 Å². The third-order valence-corrected chi connectivity index (χ3v) is 17.0. The van der Waals surface area contributed by atoms with Crippen LogP contribution in [0.3, 0.4) is 0 Å². The van der Waals surface area contributed by atoms with Gasteiger partial charge in [0.15, 0.2) is 0 Å². The molecule has 0 spiro atoms. The van der Waals surface area contributed by atoms with Gasteiger partial charge >= 0.3 is 7.82 Å². The number of phosphoric ester groups is 1. The highest BCUT2D eigenvalue weighted by Crippen LogP contribution is 2.43. The van der Waals surface area contributed by atoms with Gasteiger partial charge in [-0.2, -0.15) is 0 Å². The molecule has 5 aromatic rings. The van der Waals surface area contributed by atoms with E-state index in [1.54, 1.807) is 36.5 Å². The van der Waals surface area contributed by atoms with Gasteiger partial charge in [-0.1, -0.05) is 13.8 Å². The van der Waals surface area contributed by atoms with Crippen LogP contribution in [0.1, 0.15) is 108 Å². The van der Waals surface area contributed by atoms with Crippen molar-refractivity contribution in [3.8, 4) is 17.0 Å². The second kappa shape index (κ2) is 20.3. The minimum Gasteiger partial charge on any atom is -0.480 e. The van der Waals surface area contributed by atoms with Gasteiger partial charge in [0.05, 0.1) is 36.7 Å². The molecule has 0 radical (unpaired) electrons. The molecule has 3 saturated heterocycles. The first-order valence-corrected chi connectivity index (χ1v) is 28.0. The smallest absolute Gasteiger partial charge is 0.471 e. The molecule has 22 nitrogen and oxygen atoms in total. The number of rotatable bonds is 13. The molecule has 6 aliphatic rings. The molecule has 5 atom stereocenters. The molecule has 0 bridgehead atoms. The van der Waals surface area contributed by atoms with Crippen molar-refractivity contribution in [2.75, 3.05) is 59.9 Å². The van der Waals surface area contributed by atoms with Crippen LogP contribution in [0, 0.1) is 5.41 Å². The lowest BCUT2D eigenvalue weighted by Crippen LogP contribution is -2.58. The second-order valence-electron chi connectivity index (χ2n) is 22.1. The molecular formula is C55H64N11O11P. The van der Waals surface area contributed by atoms with Crippen molar-refractivity contribution >= 4 is 66.1 Å². The van der Waals surface area contributed by atoms with E-state index in [4.69, 9.17) is 9.72 Å². The SMILES string of the molecule is COc1ncc(-c2ccnc(N3CCn4c(cc5c4CC(C)(C)C5)C3=O)c2CO)cc1Nc1ccc(N2CCN(C3CCN(c4ccc5c(c4)C(=O)N([C@H]4CCC(=O)N(C(C)OP(=O)(O)O)C4=O)C5=O)[C@@H](C)C3)C[C@@H]2C)cn1. The molecule has 0 saturated carbocycles. The molecule has 11 rings (SSSR count). The molecule has 2 unspecified atom stereocenters. The minimum atomic E-state index is -5.07. The van der Waals surface area contributed by atoms with Crippen molar-refractivity contribution in [2.24, 2.45) is 5.41 Å². The summed E-state index contributed by atoms with van der Waals surface area (Å²) >= 11 is 0. The van der Waals surface area contributed by atoms with Gasteiger partial charge in [0.1, 0.15) is 35.3 Å². The molecule has 78 heavy (non-hydrogen) atoms. The third-order valence-electron chi connectivity index (χ3n) is 16.4. The number of fused-ring (bicyclic) bond motifs is 4. The number of benzene rings is 1. The fourth-order valence-corrected chi connectivity index (χ4v) is 13.3. The summed E-state index contributed by atoms with van der Waals surface area (Å²) in [7, 11) is -3.51. The van der Waals surface area contributed by atoms with Gasteiger partial charge in [0.25, 0.3) is 23.6 Å². The highest BCUT2D eigenvalue weighted by molar-refractivity contribution is 7.46. The molecule has 410 valence electrons. The third kappa shape index (κ3) is 9.61. The van der Waals surface area contributed by atoms with Gasteiger partial charge in [-0.15, -0.1) is 0 Å². The Bertz CT molecular complexity index is 3310. The maximum Gasteiger partial charge on any atom is 0.471 e. The molecule has 1 aliphatic carbocycles. The average Bonchev–Trinajstić information content (AvgIpc) is 4.23. The molecule has 5 aliphatic heterocycles. The topological polar surface area (TPSA) is 257 Å². The molecule has 23 heteroatoms. The summed E-state index contributed by atoms with van der Waals surface area (Å²) in [6.45, 7) is 14.0. The molecule has 4 aromatic heterocycles. The first kappa shape index (κ1) is 53.0. The van der Waals surface area contributed by atoms with Gasteiger partial charge in [-0.25, -0.2) is 19.5 Å². The summed E-state index contributed by atoms with van der Waals surface area (Å²) in [4.78, 5) is 111. The standard InChI is InChI=1S/C55H64N11O11P/c1-31-21-36(14-16-61(31)37-7-9-40-41(24-37)52(70)66(51(40)69)44-10-12-48(68)65(54(44)72)33(3)77-78(73,74)75)60-17-18-62(32(2)29-60)38-8-11-47(57-28-38)59-43-22-35(27-58-50(43)76-6)39-13-15-56-49(42(39)30-67)64-20-19-63-45(53(64)71)23-34-25-55(4,5)26-46(34)63/h7-9,11,13,15,22-24,27-28,31-33,36,44,67H,10,12,14,16-21,25-26,29-30H2,1-6H3,(H,57,59)(H2,73,74,75)/t31-,32-,33?,36?,44-/m0/s1. The molecule has 4 N–H and O–H groups in total. The van der Waals surface area contributed by atoms with E-state index in [0.29, 0.717) is 76.2 Å². The summed E-state index contributed by atoms with van der Waals surface area (Å²) in [5, 5.41) is 14.2. The number of piperazine rings is 1. The number of pyridine rings is 3. The first-order chi connectivity index (χ1) is 37.2. The van der Waals surface area contributed by atoms with Crippen LogP contribution in [0.5, 0.6) is 5.88 Å². The number of aliphatic hydroxyl groups excluding tert-OH is 1. The lowest BCUT2D eigenvalue weighted by Gasteiger charge is -2.48. The van der Waals surface area contributed by atoms with Crippen molar-refractivity contribution in [3.05, 3.63) is 101 Å². The number of imide groups is 2. The number of anilines is 5. The monoisotopic (exact) mass is 1090 g/mol. The van der Waals surface area contributed by atoms with Gasteiger partial charge in [-0.05, 0) is 118 Å². The van der Waals surface area contributed by atoms with Gasteiger partial charge < -0.3 is 39.3 Å². The van der Waals surface area contributed by atoms with Crippen LogP contribution >= 0.6 is 7.82 Å². The molecule has 5 amide bonds. The summed E-state index contributed by atoms with van der Waals surface area (Å²) in [5.41, 5.74) is 7.86. The number of hydrogen-bond donors (Lipinski definition) is 4. The molecule has 1 aromatic carbocycles. The number of nitrogens with zero attached hydrogens (tertiary/aromatic N) is 10. The maximum absolute atomic E-state index is 14.0. The zero-order chi connectivity index (χ0) is 55.1. The van der Waals surface area contributed by atoms with Crippen molar-refractivity contribution < 1.29 is 52.7 Å². The number of carbonyl (C=O) groups is 5. The Balaban J connectivity index is 0.711. The number of methoxy groups -OCH3 is 1. The van der Waals surface area contributed by atoms with E-state index in [1.807, 2.05) is 36.5 Å². The highest BCUT2D eigenvalue weighted by Gasteiger charge is 2.49. The summed E-state index contributed by atoms with van der Waals surface area (Å²) in [6, 6.07) is 14.1. The largest absolute Gasteiger partial charge is 0.480 e. The van der Waals surface area contributed by atoms with E-state index in [0.717, 1.165) is 68.5 Å². The number of aliphatic hydroxyl groups is 1. The summed E-state index contributed by atoms with van der Waals surface area (Å²) in [6.07, 6.45) is 6.86. The summed E-state index contributed by atoms with van der Waals surface area (Å²) in [5.74, 6) is -1.77. The van der Waals surface area contributed by atoms with Crippen LogP contribution in [0.25, 0.3) is 11.1 Å². The number of amides is 5. The van der Waals surface area contributed by atoms with E-state index in [9.17, 15) is 43.4 Å². The van der Waals surface area contributed by atoms with Gasteiger partial charge in [0.2, 0.25) is 11.8 Å². The number of likely N-dealkylation sites (tertiary alicyclic amines) is 1. The Hall–Kier alpha value is -7.07. The van der Waals surface area contributed by atoms with Crippen molar-refractivity contribution in [1.82, 2.24) is 34.2 Å². The zero-order valence-electron chi connectivity index (χ0n) is 44.5. The number of ether oxygens (including phenoxy) is 1. The zero-order valence-corrected chi connectivity index (χ0v) is 45.4. The van der Waals surface area contributed by atoms with Crippen molar-refractivity contribution in [1.29, 1.82) is 0 Å². The number of phosphoric acid groups is 1. The number of piperidine rings is 2. The minimum absolute atomic E-state index is 0.0966. The van der Waals surface area contributed by atoms with E-state index >= 15 is 0 Å². The Labute approximate surface area is 451 Å². The normalized spacial score (nSPS) is 23.0. The number of aromatic nitrogens is 4. The molecule has 3 fully saturated rings. The fraction of sp³-hybridized carbons (Fsp3) is 0.455. The molecule has 9 heterocycles. The number of hydrogen-bond acceptors (Lipinski definition) is 16. The first-order valence-electron chi connectivity index (χ1n) is 26.5. The quantitative estimate of drug-likeness (QED) is 0.0838. The lowest BCUT2D eigenvalue weighted by atomic mass is 9.90. The van der Waals surface area contributed by atoms with Crippen LogP contribution in [-0.2, 0) is 44.7 Å². The van der Waals surface area contributed by atoms with Crippen LogP contribution in [0.15, 0.2) is 67.1 Å². The summed E-state index contributed by atoms with van der Waals surface area (Å²) < 4.78 is 23.9. The fourth-order valence-electron chi connectivity index (χ4n) is 12.8. The predicted molar refractivity (Wildman–Crippen MR) is 287 cm³/mol. The highest BCUT2D eigenvalue weighted by atomic mass is 31.2. The van der Waals surface area contributed by atoms with Crippen LogP contribution in [0.4, 0.5) is 28.7 Å². The van der Waals surface area contributed by atoms with Gasteiger partial charge in [-0.3, -0.25) is 48.1 Å². The van der Waals surface area contributed by atoms with E-state index in [2.05, 4.69) is 72.8 Å². The Kier molecular flexibility index (Phi) is 13.8. The average molecular weight is 1090 g/mol. The van der Waals surface area contributed by atoms with E-state index in [1.165, 1.54) is 11.3 Å². The Morgan fingerprint density at radius 1 is 0.821 bits per heavy atom. The number of nitrogens with one attached hydrogen (secondary N) is 1. The Morgan fingerprint density at radius 3 is 2.31 bits per heavy atom. The molecular weight excluding hydrogens is 1020 g/mol. The van der Waals surface area contributed by atoms with Crippen molar-refractivity contribution in [2.45, 2.75) is 117 Å². The predicted octanol–water partition coefficient (Wildman–Crippen LogP) is 5.51. The second-order valence-corrected chi connectivity index (χ2v) is 23.3. The lowest BCUT2D eigenvalue weighted by molar-refractivity contribution is -0.161. The van der Waals surface area contributed by atoms with E-state index < -0.39 is 43.7 Å². The van der Waals surface area contributed by atoms with Gasteiger partial charge in [0, 0.05) is 98.7 Å².